The van der Waals surface area contributed by atoms with E-state index in [1.165, 1.54) is 12.8 Å². The number of nitrogens with zero attached hydrogens (tertiary/aromatic N) is 2. The van der Waals surface area contributed by atoms with Crippen LogP contribution in [0.5, 0.6) is 0 Å². The molecule has 0 radical (unpaired) electrons. The Balaban J connectivity index is 1.94. The van der Waals surface area contributed by atoms with Crippen molar-refractivity contribution in [3.8, 4) is 0 Å². The maximum absolute atomic E-state index is 12.6. The van der Waals surface area contributed by atoms with Gasteiger partial charge in [0.1, 0.15) is 0 Å². The zero-order valence-electron chi connectivity index (χ0n) is 8.86. The molecule has 0 bridgehead atoms. The van der Waals surface area contributed by atoms with Crippen molar-refractivity contribution < 1.29 is 8.60 Å². The number of piperidine rings is 1. The van der Waals surface area contributed by atoms with Crippen LogP contribution in [0.2, 0.25) is 0 Å². The molecule has 1 saturated heterocycles. The van der Waals surface area contributed by atoms with E-state index in [2.05, 4.69) is 15.3 Å². The Hall–Kier alpha value is -0.880. The monoisotopic (exact) mass is 243 g/mol. The molecule has 88 valence electrons. The van der Waals surface area contributed by atoms with Gasteiger partial charge in [-0.15, -0.1) is 0 Å². The lowest BCUT2D eigenvalue weighted by molar-refractivity contribution is 0.427. The fourth-order valence-corrected chi connectivity index (χ4v) is 2.88. The third kappa shape index (κ3) is 3.05. The maximum atomic E-state index is 12.6. The van der Waals surface area contributed by atoms with Crippen LogP contribution in [-0.2, 0) is 10.8 Å². The number of halogens is 1. The van der Waals surface area contributed by atoms with Crippen LogP contribution >= 0.6 is 0 Å². The van der Waals surface area contributed by atoms with E-state index in [4.69, 9.17) is 0 Å². The van der Waals surface area contributed by atoms with Crippen molar-refractivity contribution in [2.75, 3.05) is 12.3 Å². The van der Waals surface area contributed by atoms with E-state index in [1.807, 2.05) is 0 Å². The summed E-state index contributed by atoms with van der Waals surface area (Å²) in [7, 11) is -1.24. The summed E-state index contributed by atoms with van der Waals surface area (Å²) in [4.78, 5) is 7.46. The fourth-order valence-electron chi connectivity index (χ4n) is 1.74. The number of nitrogens with one attached hydrogen (secondary N) is 1. The van der Waals surface area contributed by atoms with E-state index >= 15 is 0 Å². The molecule has 0 saturated carbocycles. The van der Waals surface area contributed by atoms with Gasteiger partial charge in [0.2, 0.25) is 5.16 Å². The smallest absolute Gasteiger partial charge is 0.218 e. The molecule has 2 heterocycles. The van der Waals surface area contributed by atoms with Crippen molar-refractivity contribution in [3.63, 3.8) is 0 Å². The fraction of sp³-hybridized carbons (Fsp3) is 0.600. The first kappa shape index (κ1) is 11.6. The highest BCUT2D eigenvalue weighted by Crippen LogP contribution is 2.10. The normalized spacial score (nSPS) is 22.9. The number of hydrogen-bond acceptors (Lipinski definition) is 4. The van der Waals surface area contributed by atoms with Crippen LogP contribution in [-0.4, -0.2) is 32.5 Å². The lowest BCUT2D eigenvalue weighted by Crippen LogP contribution is -2.38. The van der Waals surface area contributed by atoms with Crippen LogP contribution in [0.1, 0.15) is 19.3 Å². The van der Waals surface area contributed by atoms with Gasteiger partial charge in [-0.1, -0.05) is 6.42 Å². The molecule has 0 aliphatic carbocycles. The standard InChI is InChI=1S/C10H14FN3OS/c11-8-5-13-10(14-6-8)16(15)7-9-3-1-2-4-12-9/h5-6,9,12H,1-4,7H2/t9-,16-/m1/s1. The summed E-state index contributed by atoms with van der Waals surface area (Å²) in [5.41, 5.74) is 0. The Morgan fingerprint density at radius 2 is 2.19 bits per heavy atom. The van der Waals surface area contributed by atoms with Crippen molar-refractivity contribution in [3.05, 3.63) is 18.2 Å². The highest BCUT2D eigenvalue weighted by molar-refractivity contribution is 7.84. The average molecular weight is 243 g/mol. The van der Waals surface area contributed by atoms with Crippen LogP contribution < -0.4 is 5.32 Å². The molecule has 0 amide bonds. The molecule has 0 spiro atoms. The second-order valence-electron chi connectivity index (χ2n) is 3.84. The number of aromatic nitrogens is 2. The van der Waals surface area contributed by atoms with Gasteiger partial charge < -0.3 is 5.32 Å². The van der Waals surface area contributed by atoms with Gasteiger partial charge in [0.25, 0.3) is 0 Å². The highest BCUT2D eigenvalue weighted by Gasteiger charge is 2.17. The van der Waals surface area contributed by atoms with Crippen molar-refractivity contribution in [2.24, 2.45) is 0 Å². The second-order valence-corrected chi connectivity index (χ2v) is 5.23. The van der Waals surface area contributed by atoms with E-state index in [9.17, 15) is 8.60 Å². The molecule has 2 atom stereocenters. The molecular formula is C10H14FN3OS. The lowest BCUT2D eigenvalue weighted by Gasteiger charge is -2.22. The van der Waals surface area contributed by atoms with Crippen molar-refractivity contribution in [2.45, 2.75) is 30.5 Å². The van der Waals surface area contributed by atoms with Gasteiger partial charge in [-0.3, -0.25) is 4.21 Å². The van der Waals surface area contributed by atoms with Gasteiger partial charge in [-0.05, 0) is 19.4 Å². The van der Waals surface area contributed by atoms with Gasteiger partial charge >= 0.3 is 0 Å². The summed E-state index contributed by atoms with van der Waals surface area (Å²) in [5, 5.41) is 3.52. The summed E-state index contributed by atoms with van der Waals surface area (Å²) in [6, 6.07) is 0.267. The summed E-state index contributed by atoms with van der Waals surface area (Å²) in [5.74, 6) is 0.00239. The first-order valence-corrected chi connectivity index (χ1v) is 6.67. The van der Waals surface area contributed by atoms with Gasteiger partial charge in [-0.2, -0.15) is 0 Å². The van der Waals surface area contributed by atoms with Crippen LogP contribution in [0, 0.1) is 5.82 Å². The van der Waals surface area contributed by atoms with Crippen LogP contribution in [0.3, 0.4) is 0 Å². The molecule has 1 aliphatic heterocycles. The maximum Gasteiger partial charge on any atom is 0.218 e. The molecule has 2 rings (SSSR count). The number of hydrogen-bond donors (Lipinski definition) is 1. The Morgan fingerprint density at radius 3 is 2.81 bits per heavy atom. The van der Waals surface area contributed by atoms with Crippen molar-refractivity contribution in [1.29, 1.82) is 0 Å². The molecule has 0 aromatic carbocycles. The first-order chi connectivity index (χ1) is 7.75. The summed E-state index contributed by atoms with van der Waals surface area (Å²) >= 11 is 0. The third-order valence-electron chi connectivity index (χ3n) is 2.57. The largest absolute Gasteiger partial charge is 0.313 e. The summed E-state index contributed by atoms with van der Waals surface area (Å²) < 4.78 is 24.4. The minimum Gasteiger partial charge on any atom is -0.313 e. The van der Waals surface area contributed by atoms with E-state index in [-0.39, 0.29) is 11.2 Å². The van der Waals surface area contributed by atoms with Crippen molar-refractivity contribution >= 4 is 10.8 Å². The van der Waals surface area contributed by atoms with Crippen LogP contribution in [0.15, 0.2) is 17.6 Å². The molecule has 1 aliphatic rings. The molecular weight excluding hydrogens is 229 g/mol. The van der Waals surface area contributed by atoms with E-state index in [0.717, 1.165) is 25.4 Å². The van der Waals surface area contributed by atoms with E-state index in [0.29, 0.717) is 5.75 Å². The van der Waals surface area contributed by atoms with Crippen molar-refractivity contribution in [1.82, 2.24) is 15.3 Å². The number of rotatable bonds is 3. The topological polar surface area (TPSA) is 54.9 Å². The Morgan fingerprint density at radius 1 is 1.44 bits per heavy atom. The second kappa shape index (κ2) is 5.45. The van der Waals surface area contributed by atoms with Gasteiger partial charge in [0.15, 0.2) is 5.82 Å². The molecule has 1 aromatic rings. The first-order valence-electron chi connectivity index (χ1n) is 5.35. The van der Waals surface area contributed by atoms with Crippen LogP contribution in [0.25, 0.3) is 0 Å². The predicted molar refractivity (Wildman–Crippen MR) is 58.9 cm³/mol. The third-order valence-corrected chi connectivity index (χ3v) is 3.89. The minimum atomic E-state index is -1.24. The van der Waals surface area contributed by atoms with E-state index in [1.54, 1.807) is 0 Å². The summed E-state index contributed by atoms with van der Waals surface area (Å²) in [6.07, 6.45) is 5.48. The minimum absolute atomic E-state index is 0.216. The highest BCUT2D eigenvalue weighted by atomic mass is 32.2. The molecule has 1 aromatic heterocycles. The van der Waals surface area contributed by atoms with Gasteiger partial charge in [0.05, 0.1) is 23.2 Å². The van der Waals surface area contributed by atoms with E-state index < -0.39 is 16.6 Å². The SMILES string of the molecule is O=[S@](C[C@H]1CCCCN1)c1ncc(F)cn1. The van der Waals surface area contributed by atoms with Gasteiger partial charge in [-0.25, -0.2) is 14.4 Å². The Labute approximate surface area is 96.1 Å². The molecule has 1 N–H and O–H groups in total. The molecule has 1 fully saturated rings. The zero-order chi connectivity index (χ0) is 11.4. The predicted octanol–water partition coefficient (Wildman–Crippen LogP) is 0.865. The molecule has 0 unspecified atom stereocenters. The average Bonchev–Trinajstić information content (AvgIpc) is 2.31. The summed E-state index contributed by atoms with van der Waals surface area (Å²) in [6.45, 7) is 0.978. The zero-order valence-corrected chi connectivity index (χ0v) is 9.67. The van der Waals surface area contributed by atoms with Gasteiger partial charge in [0, 0.05) is 11.8 Å². The molecule has 6 heteroatoms. The van der Waals surface area contributed by atoms with Crippen LogP contribution in [0.4, 0.5) is 4.39 Å². The molecule has 16 heavy (non-hydrogen) atoms. The Kier molecular flexibility index (Phi) is 3.95. The quantitative estimate of drug-likeness (QED) is 0.800. The lowest BCUT2D eigenvalue weighted by atomic mass is 10.1. The molecule has 4 nitrogen and oxygen atoms in total. The Bertz CT molecular complexity index is 365.